The molecule has 1 aliphatic rings. The van der Waals surface area contributed by atoms with Crippen LogP contribution in [-0.4, -0.2) is 34.9 Å². The first-order chi connectivity index (χ1) is 13.5. The second kappa shape index (κ2) is 10.5. The summed E-state index contributed by atoms with van der Waals surface area (Å²) in [5, 5.41) is 1.50. The quantitative estimate of drug-likeness (QED) is 0.546. The van der Waals surface area contributed by atoms with Gasteiger partial charge in [-0.2, -0.15) is 0 Å². The normalized spacial score (nSPS) is 15.2. The van der Waals surface area contributed by atoms with Crippen molar-refractivity contribution in [1.29, 1.82) is 0 Å². The summed E-state index contributed by atoms with van der Waals surface area (Å²) in [6.07, 6.45) is 1.90. The highest BCUT2D eigenvalue weighted by Crippen LogP contribution is 2.31. The highest BCUT2D eigenvalue weighted by atomic mass is 35.5. The van der Waals surface area contributed by atoms with Gasteiger partial charge in [0.25, 0.3) is 5.91 Å². The number of halogens is 3. The van der Waals surface area contributed by atoms with Crippen molar-refractivity contribution in [3.63, 3.8) is 0 Å². The summed E-state index contributed by atoms with van der Waals surface area (Å²) < 4.78 is 0. The molecule has 1 atom stereocenters. The van der Waals surface area contributed by atoms with E-state index in [2.05, 4.69) is 0 Å². The molecular formula is C23H26Cl3N3O. The fourth-order valence-electron chi connectivity index (χ4n) is 3.96. The first-order valence-electron chi connectivity index (χ1n) is 9.74. The number of hydrogen-bond acceptors (Lipinski definition) is 3. The van der Waals surface area contributed by atoms with E-state index in [-0.39, 0.29) is 36.8 Å². The molecule has 0 bridgehead atoms. The molecule has 0 radical (unpaired) electrons. The molecule has 2 heterocycles. The van der Waals surface area contributed by atoms with Crippen molar-refractivity contribution in [2.45, 2.75) is 25.8 Å². The first-order valence-corrected chi connectivity index (χ1v) is 10.1. The van der Waals surface area contributed by atoms with Crippen LogP contribution in [0.25, 0.3) is 22.2 Å². The molecule has 3 aromatic rings. The second-order valence-corrected chi connectivity index (χ2v) is 7.95. The molecule has 4 rings (SSSR count). The molecule has 7 heteroatoms. The molecule has 30 heavy (non-hydrogen) atoms. The number of carbonyl (C=O) groups is 1. The number of aromatic nitrogens is 1. The van der Waals surface area contributed by atoms with Crippen LogP contribution in [0.1, 0.15) is 30.1 Å². The number of rotatable bonds is 3. The van der Waals surface area contributed by atoms with Crippen LogP contribution in [0.2, 0.25) is 5.02 Å². The largest absolute Gasteiger partial charge is 0.339 e. The van der Waals surface area contributed by atoms with Crippen molar-refractivity contribution < 1.29 is 4.79 Å². The van der Waals surface area contributed by atoms with Crippen molar-refractivity contribution in [2.75, 3.05) is 13.1 Å². The molecule has 1 fully saturated rings. The average Bonchev–Trinajstić information content (AvgIpc) is 2.73. The van der Waals surface area contributed by atoms with Crippen LogP contribution in [0.15, 0.2) is 54.6 Å². The van der Waals surface area contributed by atoms with Crippen molar-refractivity contribution >= 4 is 53.2 Å². The number of pyridine rings is 1. The number of carbonyl (C=O) groups excluding carboxylic acids is 1. The van der Waals surface area contributed by atoms with Crippen molar-refractivity contribution in [3.8, 4) is 11.3 Å². The third-order valence-electron chi connectivity index (χ3n) is 5.67. The number of piperidine rings is 1. The summed E-state index contributed by atoms with van der Waals surface area (Å²) in [5.74, 6) is 0.534. The number of fused-ring (bicyclic) bond motifs is 1. The van der Waals surface area contributed by atoms with E-state index in [9.17, 15) is 4.79 Å². The van der Waals surface area contributed by atoms with E-state index >= 15 is 0 Å². The fourth-order valence-corrected chi connectivity index (χ4v) is 4.19. The minimum Gasteiger partial charge on any atom is -0.339 e. The Morgan fingerprint density at radius 1 is 1.10 bits per heavy atom. The highest BCUT2D eigenvalue weighted by molar-refractivity contribution is 6.33. The lowest BCUT2D eigenvalue weighted by molar-refractivity contribution is 0.0683. The minimum absolute atomic E-state index is 0. The Morgan fingerprint density at radius 3 is 2.40 bits per heavy atom. The van der Waals surface area contributed by atoms with Gasteiger partial charge in [0.15, 0.2) is 0 Å². The molecule has 160 valence electrons. The molecule has 2 aromatic carbocycles. The van der Waals surface area contributed by atoms with E-state index in [0.29, 0.717) is 16.5 Å². The molecule has 0 aliphatic carbocycles. The highest BCUT2D eigenvalue weighted by Gasteiger charge is 2.27. The predicted octanol–water partition coefficient (Wildman–Crippen LogP) is 5.60. The summed E-state index contributed by atoms with van der Waals surface area (Å²) in [6.45, 7) is 3.53. The molecule has 1 saturated heterocycles. The van der Waals surface area contributed by atoms with E-state index in [1.54, 1.807) is 0 Å². The molecule has 0 spiro atoms. The number of nitrogens with zero attached hydrogens (tertiary/aromatic N) is 2. The number of benzene rings is 2. The van der Waals surface area contributed by atoms with Gasteiger partial charge in [0, 0.05) is 35.1 Å². The Hall–Kier alpha value is -1.85. The number of nitrogens with two attached hydrogens (primary N) is 1. The monoisotopic (exact) mass is 465 g/mol. The van der Waals surface area contributed by atoms with Crippen molar-refractivity contribution in [3.05, 3.63) is 65.2 Å². The van der Waals surface area contributed by atoms with Crippen LogP contribution in [0.3, 0.4) is 0 Å². The van der Waals surface area contributed by atoms with Gasteiger partial charge in [-0.05, 0) is 43.9 Å². The second-order valence-electron chi connectivity index (χ2n) is 7.54. The van der Waals surface area contributed by atoms with Gasteiger partial charge in [-0.3, -0.25) is 4.79 Å². The number of likely N-dealkylation sites (tertiary alicyclic amines) is 1. The molecule has 1 amide bonds. The Kier molecular flexibility index (Phi) is 8.51. The van der Waals surface area contributed by atoms with Gasteiger partial charge in [-0.1, -0.05) is 48.0 Å². The molecule has 1 aliphatic heterocycles. The van der Waals surface area contributed by atoms with Gasteiger partial charge in [-0.25, -0.2) is 4.98 Å². The first kappa shape index (κ1) is 24.4. The fraction of sp³-hybridized carbons (Fsp3) is 0.304. The van der Waals surface area contributed by atoms with Crippen LogP contribution in [0, 0.1) is 5.92 Å². The lowest BCUT2D eigenvalue weighted by Crippen LogP contribution is -2.42. The van der Waals surface area contributed by atoms with Gasteiger partial charge in [0.05, 0.1) is 16.8 Å². The van der Waals surface area contributed by atoms with Gasteiger partial charge < -0.3 is 10.6 Å². The van der Waals surface area contributed by atoms with Crippen LogP contribution < -0.4 is 5.73 Å². The maximum Gasteiger partial charge on any atom is 0.254 e. The van der Waals surface area contributed by atoms with Crippen LogP contribution in [0.5, 0.6) is 0 Å². The molecule has 2 N–H and O–H groups in total. The Morgan fingerprint density at radius 2 is 1.73 bits per heavy atom. The number of para-hydroxylation sites is 1. The topological polar surface area (TPSA) is 59.2 Å². The third-order valence-corrected chi connectivity index (χ3v) is 6.00. The Bertz CT molecular complexity index is 1020. The van der Waals surface area contributed by atoms with E-state index in [1.807, 2.05) is 66.4 Å². The predicted molar refractivity (Wildman–Crippen MR) is 129 cm³/mol. The Labute approximate surface area is 194 Å². The van der Waals surface area contributed by atoms with E-state index in [1.165, 1.54) is 0 Å². The molecule has 0 saturated carbocycles. The third kappa shape index (κ3) is 4.89. The maximum atomic E-state index is 13.4. The molecule has 1 unspecified atom stereocenters. The summed E-state index contributed by atoms with van der Waals surface area (Å²) in [4.78, 5) is 20.1. The summed E-state index contributed by atoms with van der Waals surface area (Å²) in [5.41, 5.74) is 9.08. The lowest BCUT2D eigenvalue weighted by Gasteiger charge is -2.34. The molecule has 4 nitrogen and oxygen atoms in total. The van der Waals surface area contributed by atoms with Crippen molar-refractivity contribution in [1.82, 2.24) is 9.88 Å². The Balaban J connectivity index is 0.00000160. The standard InChI is InChI=1S/C23H24ClN3O.2ClH/c1-15(25)16-10-12-27(13-11-16)23(28)19-14-22(18-7-2-4-8-20(18)24)26-21-9-5-3-6-17(19)21;;/h2-9,14-16H,10-13,25H2,1H3;2*1H. The van der Waals surface area contributed by atoms with E-state index in [4.69, 9.17) is 22.3 Å². The zero-order valence-electron chi connectivity index (χ0n) is 16.8. The lowest BCUT2D eigenvalue weighted by atomic mass is 9.90. The van der Waals surface area contributed by atoms with Crippen LogP contribution in [-0.2, 0) is 0 Å². The maximum absolute atomic E-state index is 13.4. The van der Waals surface area contributed by atoms with Gasteiger partial charge in [-0.15, -0.1) is 24.8 Å². The van der Waals surface area contributed by atoms with Crippen LogP contribution >= 0.6 is 36.4 Å². The zero-order valence-corrected chi connectivity index (χ0v) is 19.1. The summed E-state index contributed by atoms with van der Waals surface area (Å²) >= 11 is 6.39. The van der Waals surface area contributed by atoms with E-state index in [0.717, 1.165) is 48.1 Å². The molecular weight excluding hydrogens is 441 g/mol. The molecule has 1 aromatic heterocycles. The minimum atomic E-state index is 0. The van der Waals surface area contributed by atoms with Gasteiger partial charge >= 0.3 is 0 Å². The SMILES string of the molecule is CC(N)C1CCN(C(=O)c2cc(-c3ccccc3Cl)nc3ccccc23)CC1.Cl.Cl. The summed E-state index contributed by atoms with van der Waals surface area (Å²) in [7, 11) is 0. The van der Waals surface area contributed by atoms with Crippen LogP contribution in [0.4, 0.5) is 0 Å². The average molecular weight is 467 g/mol. The summed E-state index contributed by atoms with van der Waals surface area (Å²) in [6, 6.07) is 17.4. The van der Waals surface area contributed by atoms with Gasteiger partial charge in [0.2, 0.25) is 0 Å². The number of hydrogen-bond donors (Lipinski definition) is 1. The zero-order chi connectivity index (χ0) is 19.7. The van der Waals surface area contributed by atoms with Crippen molar-refractivity contribution in [2.24, 2.45) is 11.7 Å². The van der Waals surface area contributed by atoms with Gasteiger partial charge in [0.1, 0.15) is 0 Å². The number of amides is 1. The smallest absolute Gasteiger partial charge is 0.254 e. The van der Waals surface area contributed by atoms with E-state index < -0.39 is 0 Å².